The number of hydrogen-bond donors (Lipinski definition) is 1. The molecule has 2 aromatic carbocycles. The number of nitro benzene ring substituents is 1. The van der Waals surface area contributed by atoms with Gasteiger partial charge in [-0.2, -0.15) is 0 Å². The molecule has 0 spiro atoms. The van der Waals surface area contributed by atoms with Gasteiger partial charge in [0.1, 0.15) is 5.82 Å². The molecular weight excluding hydrogens is 393 g/mol. The maximum Gasteiger partial charge on any atom is 0.278 e. The minimum atomic E-state index is -0.584. The van der Waals surface area contributed by atoms with Crippen LogP contribution in [0.1, 0.15) is 16.2 Å². The van der Waals surface area contributed by atoms with Gasteiger partial charge < -0.3 is 9.88 Å². The number of amides is 1. The van der Waals surface area contributed by atoms with Crippen molar-refractivity contribution in [3.63, 3.8) is 0 Å². The molecule has 1 N–H and O–H groups in total. The first-order valence-corrected chi connectivity index (χ1v) is 8.70. The summed E-state index contributed by atoms with van der Waals surface area (Å²) >= 11 is 0. The van der Waals surface area contributed by atoms with Crippen LogP contribution in [0.25, 0.3) is 11.4 Å². The third-order valence-corrected chi connectivity index (χ3v) is 4.38. The molecular formula is C19H14FN7O3. The Hall–Kier alpha value is -4.41. The van der Waals surface area contributed by atoms with Gasteiger partial charge in [0.25, 0.3) is 11.6 Å². The summed E-state index contributed by atoms with van der Waals surface area (Å²) in [5.74, 6) is -1.12. The number of imidazole rings is 1. The van der Waals surface area contributed by atoms with Gasteiger partial charge in [-0.05, 0) is 31.2 Å². The highest BCUT2D eigenvalue weighted by Crippen LogP contribution is 2.21. The number of nitro groups is 1. The van der Waals surface area contributed by atoms with Crippen molar-refractivity contribution in [2.24, 2.45) is 0 Å². The third-order valence-electron chi connectivity index (χ3n) is 4.38. The number of aromatic nitrogens is 5. The summed E-state index contributed by atoms with van der Waals surface area (Å²) in [6, 6.07) is 10.1. The molecule has 0 aliphatic heterocycles. The van der Waals surface area contributed by atoms with Crippen molar-refractivity contribution >= 4 is 17.3 Å². The fourth-order valence-corrected chi connectivity index (χ4v) is 2.91. The monoisotopic (exact) mass is 407 g/mol. The number of nitrogens with one attached hydrogen (secondary N) is 1. The minimum absolute atomic E-state index is 0.0144. The fraction of sp³-hybridized carbons (Fsp3) is 0.0526. The van der Waals surface area contributed by atoms with Crippen molar-refractivity contribution in [3.8, 4) is 11.4 Å². The van der Waals surface area contributed by atoms with Crippen LogP contribution in [0.15, 0.2) is 61.2 Å². The lowest BCUT2D eigenvalue weighted by Crippen LogP contribution is -2.14. The summed E-state index contributed by atoms with van der Waals surface area (Å²) in [6.45, 7) is 1.61. The van der Waals surface area contributed by atoms with Crippen LogP contribution >= 0.6 is 0 Å². The van der Waals surface area contributed by atoms with Gasteiger partial charge >= 0.3 is 0 Å². The number of carbonyl (C=O) groups is 1. The Balaban J connectivity index is 1.57. The lowest BCUT2D eigenvalue weighted by molar-refractivity contribution is -0.384. The van der Waals surface area contributed by atoms with Gasteiger partial charge in [0.2, 0.25) is 0 Å². The average Bonchev–Trinajstić information content (AvgIpc) is 3.38. The molecule has 4 rings (SSSR count). The maximum atomic E-state index is 14.4. The number of benzene rings is 2. The molecule has 0 aliphatic carbocycles. The average molecular weight is 407 g/mol. The van der Waals surface area contributed by atoms with E-state index in [1.165, 1.54) is 52.1 Å². The molecule has 0 saturated heterocycles. The van der Waals surface area contributed by atoms with Crippen LogP contribution < -0.4 is 5.32 Å². The Kier molecular flexibility index (Phi) is 4.76. The molecule has 4 aromatic rings. The van der Waals surface area contributed by atoms with Crippen LogP contribution in [0.4, 0.5) is 15.8 Å². The first kappa shape index (κ1) is 18.9. The zero-order valence-electron chi connectivity index (χ0n) is 15.6. The first-order valence-electron chi connectivity index (χ1n) is 8.70. The van der Waals surface area contributed by atoms with E-state index in [4.69, 9.17) is 0 Å². The van der Waals surface area contributed by atoms with Crippen LogP contribution in [0.2, 0.25) is 0 Å². The molecule has 0 saturated carbocycles. The molecule has 0 bridgehead atoms. The Morgan fingerprint density at radius 1 is 1.23 bits per heavy atom. The standard InChI is InChI=1S/C19H14FN7O3/c1-12-18(23-24-26(12)14-3-2-4-15(10-14)27(29)30)19(28)22-13-5-6-17(16(20)9-13)25-8-7-21-11-25/h2-11H,1H3,(H,22,28). The number of hydrogen-bond acceptors (Lipinski definition) is 6. The molecule has 150 valence electrons. The molecule has 1 amide bonds. The highest BCUT2D eigenvalue weighted by molar-refractivity contribution is 6.03. The van der Waals surface area contributed by atoms with Crippen molar-refractivity contribution in [2.45, 2.75) is 6.92 Å². The maximum absolute atomic E-state index is 14.4. The quantitative estimate of drug-likeness (QED) is 0.401. The lowest BCUT2D eigenvalue weighted by atomic mass is 10.2. The molecule has 11 heteroatoms. The van der Waals surface area contributed by atoms with E-state index in [0.29, 0.717) is 17.1 Å². The van der Waals surface area contributed by atoms with E-state index in [1.807, 2.05) is 0 Å². The molecule has 2 heterocycles. The van der Waals surface area contributed by atoms with Crippen LogP contribution in [-0.4, -0.2) is 35.4 Å². The van der Waals surface area contributed by atoms with Gasteiger partial charge in [0.05, 0.1) is 28.3 Å². The second kappa shape index (κ2) is 7.54. The zero-order valence-corrected chi connectivity index (χ0v) is 15.6. The molecule has 0 fully saturated rings. The summed E-state index contributed by atoms with van der Waals surface area (Å²) in [7, 11) is 0. The topological polar surface area (TPSA) is 121 Å². The molecule has 0 atom stereocenters. The first-order chi connectivity index (χ1) is 14.4. The fourth-order valence-electron chi connectivity index (χ4n) is 2.91. The Bertz CT molecular complexity index is 1250. The molecule has 30 heavy (non-hydrogen) atoms. The number of halogens is 1. The van der Waals surface area contributed by atoms with E-state index in [9.17, 15) is 19.3 Å². The molecule has 0 radical (unpaired) electrons. The number of nitrogens with zero attached hydrogens (tertiary/aromatic N) is 6. The van der Waals surface area contributed by atoms with Gasteiger partial charge in [0, 0.05) is 30.2 Å². The number of non-ortho nitro benzene ring substituents is 1. The highest BCUT2D eigenvalue weighted by Gasteiger charge is 2.19. The summed E-state index contributed by atoms with van der Waals surface area (Å²) in [6.07, 6.45) is 4.60. The summed E-state index contributed by atoms with van der Waals surface area (Å²) in [4.78, 5) is 26.9. The van der Waals surface area contributed by atoms with Crippen LogP contribution in [0.3, 0.4) is 0 Å². The second-order valence-electron chi connectivity index (χ2n) is 6.30. The smallest absolute Gasteiger partial charge is 0.278 e. The van der Waals surface area contributed by atoms with Crippen molar-refractivity contribution in [3.05, 3.63) is 88.5 Å². The normalized spacial score (nSPS) is 10.7. The van der Waals surface area contributed by atoms with E-state index in [0.717, 1.165) is 0 Å². The van der Waals surface area contributed by atoms with Crippen molar-refractivity contribution in [2.75, 3.05) is 5.32 Å². The molecule has 0 aliphatic rings. The van der Waals surface area contributed by atoms with E-state index in [2.05, 4.69) is 20.6 Å². The molecule has 0 unspecified atom stereocenters. The van der Waals surface area contributed by atoms with Crippen LogP contribution in [0.5, 0.6) is 0 Å². The number of anilines is 1. The van der Waals surface area contributed by atoms with Gasteiger partial charge in [-0.25, -0.2) is 14.1 Å². The lowest BCUT2D eigenvalue weighted by Gasteiger charge is -2.08. The third kappa shape index (κ3) is 3.51. The van der Waals surface area contributed by atoms with Crippen LogP contribution in [-0.2, 0) is 0 Å². The van der Waals surface area contributed by atoms with E-state index in [1.54, 1.807) is 25.3 Å². The van der Waals surface area contributed by atoms with Crippen molar-refractivity contribution < 1.29 is 14.1 Å². The van der Waals surface area contributed by atoms with Gasteiger partial charge in [-0.1, -0.05) is 11.3 Å². The van der Waals surface area contributed by atoms with Gasteiger partial charge in [0.15, 0.2) is 5.69 Å². The summed E-state index contributed by atoms with van der Waals surface area (Å²) in [5, 5.41) is 21.3. The molecule has 2 aromatic heterocycles. The predicted octanol–water partition coefficient (Wildman–Crippen LogP) is 3.06. The Morgan fingerprint density at radius 3 is 2.77 bits per heavy atom. The minimum Gasteiger partial charge on any atom is -0.320 e. The number of carbonyl (C=O) groups excluding carboxylic acids is 1. The highest BCUT2D eigenvalue weighted by atomic mass is 19.1. The van der Waals surface area contributed by atoms with Crippen molar-refractivity contribution in [1.82, 2.24) is 24.5 Å². The largest absolute Gasteiger partial charge is 0.320 e. The zero-order chi connectivity index (χ0) is 21.3. The number of rotatable bonds is 5. The summed E-state index contributed by atoms with van der Waals surface area (Å²) < 4.78 is 17.2. The SMILES string of the molecule is Cc1c(C(=O)Nc2ccc(-n3ccnc3)c(F)c2)nnn1-c1cccc([N+](=O)[O-])c1. The summed E-state index contributed by atoms with van der Waals surface area (Å²) in [5.41, 5.74) is 1.21. The van der Waals surface area contributed by atoms with E-state index >= 15 is 0 Å². The Labute approximate surface area is 168 Å². The van der Waals surface area contributed by atoms with Crippen molar-refractivity contribution in [1.29, 1.82) is 0 Å². The van der Waals surface area contributed by atoms with Gasteiger partial charge in [-0.15, -0.1) is 5.10 Å². The van der Waals surface area contributed by atoms with E-state index in [-0.39, 0.29) is 17.1 Å². The molecule has 10 nitrogen and oxygen atoms in total. The van der Waals surface area contributed by atoms with E-state index < -0.39 is 16.6 Å². The Morgan fingerprint density at radius 2 is 2.07 bits per heavy atom. The van der Waals surface area contributed by atoms with Gasteiger partial charge in [-0.3, -0.25) is 14.9 Å². The van der Waals surface area contributed by atoms with Crippen LogP contribution in [0, 0.1) is 22.9 Å². The predicted molar refractivity (Wildman–Crippen MR) is 104 cm³/mol. The second-order valence-corrected chi connectivity index (χ2v) is 6.30.